The first-order chi connectivity index (χ1) is 13.3. The number of fused-ring (bicyclic) bond motifs is 5. The summed E-state index contributed by atoms with van der Waals surface area (Å²) in [6.07, 6.45) is 2.13. The maximum absolute atomic E-state index is 5.99. The Kier molecular flexibility index (Phi) is 5.39. The molecule has 0 amide bonds. The van der Waals surface area contributed by atoms with Crippen molar-refractivity contribution in [3.8, 4) is 0 Å². The molecule has 0 bridgehead atoms. The topological polar surface area (TPSA) is 73.6 Å². The van der Waals surface area contributed by atoms with Crippen molar-refractivity contribution in [3.05, 3.63) is 22.1 Å². The van der Waals surface area contributed by atoms with E-state index < -0.39 is 0 Å². The van der Waals surface area contributed by atoms with E-state index in [0.29, 0.717) is 13.2 Å². The van der Waals surface area contributed by atoms with E-state index in [4.69, 9.17) is 24.5 Å². The summed E-state index contributed by atoms with van der Waals surface area (Å²) in [4.78, 5) is 12.0. The van der Waals surface area contributed by atoms with Crippen molar-refractivity contribution in [1.82, 2.24) is 24.9 Å². The van der Waals surface area contributed by atoms with Crippen LogP contribution in [0, 0.1) is 6.92 Å². The van der Waals surface area contributed by atoms with Gasteiger partial charge in [0.1, 0.15) is 10.7 Å². The van der Waals surface area contributed by atoms with Crippen LogP contribution in [0.5, 0.6) is 0 Å². The Morgan fingerprint density at radius 2 is 2.14 bits per heavy atom. The van der Waals surface area contributed by atoms with Gasteiger partial charge >= 0.3 is 0 Å². The summed E-state index contributed by atoms with van der Waals surface area (Å²) in [5, 5.41) is 9.26. The molecular weight excluding hydrogens is 374 g/mol. The molecule has 0 fully saturated rings. The molecule has 4 heterocycles. The minimum atomic E-state index is -0.161. The van der Waals surface area contributed by atoms with Crippen LogP contribution in [0.2, 0.25) is 0 Å². The number of thiophene rings is 1. The predicted molar refractivity (Wildman–Crippen MR) is 111 cm³/mol. The Morgan fingerprint density at radius 1 is 1.32 bits per heavy atom. The van der Waals surface area contributed by atoms with Crippen molar-refractivity contribution >= 4 is 27.2 Å². The van der Waals surface area contributed by atoms with Gasteiger partial charge in [-0.1, -0.05) is 0 Å². The fourth-order valence-electron chi connectivity index (χ4n) is 3.58. The van der Waals surface area contributed by atoms with Gasteiger partial charge in [-0.25, -0.2) is 9.97 Å². The van der Waals surface area contributed by atoms with E-state index in [1.807, 2.05) is 11.4 Å². The summed E-state index contributed by atoms with van der Waals surface area (Å²) < 4.78 is 13.4. The summed E-state index contributed by atoms with van der Waals surface area (Å²) in [5.41, 5.74) is 2.08. The molecule has 0 saturated heterocycles. The lowest BCUT2D eigenvalue weighted by Crippen LogP contribution is -2.31. The van der Waals surface area contributed by atoms with Crippen molar-refractivity contribution in [3.63, 3.8) is 0 Å². The molecule has 0 unspecified atom stereocenters. The Labute approximate surface area is 169 Å². The normalized spacial score (nSPS) is 16.4. The number of aromatic nitrogens is 4. The van der Waals surface area contributed by atoms with Crippen LogP contribution in [-0.4, -0.2) is 44.4 Å². The Bertz CT molecular complexity index is 992. The van der Waals surface area contributed by atoms with Crippen LogP contribution in [-0.2, 0) is 29.0 Å². The first kappa shape index (κ1) is 19.7. The zero-order chi connectivity index (χ0) is 19.9. The lowest BCUT2D eigenvalue weighted by molar-refractivity contribution is -0.0379. The minimum absolute atomic E-state index is 0.161. The maximum atomic E-state index is 5.99. The second-order valence-electron chi connectivity index (χ2n) is 8.28. The Balaban J connectivity index is 1.57. The average molecular weight is 404 g/mol. The van der Waals surface area contributed by atoms with Crippen LogP contribution in [0.3, 0.4) is 0 Å². The van der Waals surface area contributed by atoms with Crippen molar-refractivity contribution in [2.24, 2.45) is 0 Å². The van der Waals surface area contributed by atoms with Crippen LogP contribution in [0.4, 0.5) is 0 Å². The Morgan fingerprint density at radius 3 is 2.93 bits per heavy atom. The molecule has 152 valence electrons. The zero-order valence-electron chi connectivity index (χ0n) is 17.3. The van der Waals surface area contributed by atoms with E-state index in [9.17, 15) is 0 Å². The summed E-state index contributed by atoms with van der Waals surface area (Å²) in [6.45, 7) is 13.3. The highest BCUT2D eigenvalue weighted by Gasteiger charge is 2.31. The van der Waals surface area contributed by atoms with Gasteiger partial charge in [-0.3, -0.25) is 0 Å². The fourth-order valence-corrected chi connectivity index (χ4v) is 4.72. The van der Waals surface area contributed by atoms with E-state index >= 15 is 0 Å². The first-order valence-electron chi connectivity index (χ1n) is 9.97. The van der Waals surface area contributed by atoms with Crippen molar-refractivity contribution in [1.29, 1.82) is 0 Å². The Hall–Kier alpha value is -1.61. The zero-order valence-corrected chi connectivity index (χ0v) is 18.2. The van der Waals surface area contributed by atoms with Gasteiger partial charge in [0.2, 0.25) is 0 Å². The standard InChI is InChI=1S/C20H29N5O2S/c1-12(2)26-8-6-7-21-10-16-23-18-17-14-9-20(4,5)27-11-15(14)28-19(17)22-13(3)25(18)24-16/h12,21H,6-11H2,1-5H3. The number of nitrogens with zero attached hydrogens (tertiary/aromatic N) is 4. The molecule has 0 atom stereocenters. The predicted octanol–water partition coefficient (Wildman–Crippen LogP) is 3.40. The van der Waals surface area contributed by atoms with Gasteiger partial charge in [0.25, 0.3) is 0 Å². The van der Waals surface area contributed by atoms with Gasteiger partial charge in [0, 0.05) is 17.9 Å². The smallest absolute Gasteiger partial charge is 0.168 e. The van der Waals surface area contributed by atoms with Crippen LogP contribution in [0.25, 0.3) is 15.9 Å². The lowest BCUT2D eigenvalue weighted by Gasteiger charge is -2.30. The molecule has 1 N–H and O–H groups in total. The van der Waals surface area contributed by atoms with Crippen molar-refractivity contribution in [2.45, 2.75) is 72.3 Å². The number of rotatable bonds is 7. The van der Waals surface area contributed by atoms with Gasteiger partial charge in [-0.15, -0.1) is 16.4 Å². The van der Waals surface area contributed by atoms with E-state index in [2.05, 4.69) is 33.0 Å². The number of ether oxygens (including phenoxy) is 2. The average Bonchev–Trinajstić information content (AvgIpc) is 3.18. The van der Waals surface area contributed by atoms with Crippen LogP contribution in [0.15, 0.2) is 0 Å². The molecule has 28 heavy (non-hydrogen) atoms. The van der Waals surface area contributed by atoms with E-state index in [1.54, 1.807) is 11.3 Å². The molecule has 0 aromatic carbocycles. The van der Waals surface area contributed by atoms with Gasteiger partial charge in [-0.2, -0.15) is 4.52 Å². The van der Waals surface area contributed by atoms with E-state index in [-0.39, 0.29) is 11.7 Å². The van der Waals surface area contributed by atoms with E-state index in [0.717, 1.165) is 53.5 Å². The highest BCUT2D eigenvalue weighted by molar-refractivity contribution is 7.19. The third kappa shape index (κ3) is 3.91. The monoisotopic (exact) mass is 403 g/mol. The molecule has 1 aliphatic rings. The SMILES string of the molecule is Cc1nc2sc3c(c2c2nc(CNCCCOC(C)C)nn12)CC(C)(C)OC3. The molecule has 1 aliphatic heterocycles. The first-order valence-corrected chi connectivity index (χ1v) is 10.8. The molecule has 0 radical (unpaired) electrons. The third-order valence-corrected chi connectivity index (χ3v) is 6.04. The summed E-state index contributed by atoms with van der Waals surface area (Å²) >= 11 is 1.72. The molecule has 7 nitrogen and oxygen atoms in total. The fraction of sp³-hybridized carbons (Fsp3) is 0.650. The summed E-state index contributed by atoms with van der Waals surface area (Å²) in [7, 11) is 0. The van der Waals surface area contributed by atoms with Gasteiger partial charge in [0.05, 0.1) is 30.2 Å². The maximum Gasteiger partial charge on any atom is 0.168 e. The molecule has 3 aromatic heterocycles. The highest BCUT2D eigenvalue weighted by atomic mass is 32.1. The summed E-state index contributed by atoms with van der Waals surface area (Å²) in [5.74, 6) is 1.67. The van der Waals surface area contributed by atoms with Crippen molar-refractivity contribution < 1.29 is 9.47 Å². The molecule has 4 rings (SSSR count). The molecule has 8 heteroatoms. The van der Waals surface area contributed by atoms with E-state index in [1.165, 1.54) is 10.4 Å². The van der Waals surface area contributed by atoms with Crippen LogP contribution >= 0.6 is 11.3 Å². The van der Waals surface area contributed by atoms with Crippen LogP contribution < -0.4 is 5.32 Å². The van der Waals surface area contributed by atoms with Gasteiger partial charge in [0.15, 0.2) is 11.5 Å². The third-order valence-electron chi connectivity index (χ3n) is 4.95. The number of nitrogens with one attached hydrogen (secondary N) is 1. The number of aryl methyl sites for hydroxylation is 1. The molecular formula is C20H29N5O2S. The lowest BCUT2D eigenvalue weighted by atomic mass is 9.94. The molecule has 0 aliphatic carbocycles. The number of hydrogen-bond acceptors (Lipinski definition) is 7. The minimum Gasteiger partial charge on any atom is -0.379 e. The second-order valence-corrected chi connectivity index (χ2v) is 9.37. The largest absolute Gasteiger partial charge is 0.379 e. The highest BCUT2D eigenvalue weighted by Crippen LogP contribution is 2.39. The van der Waals surface area contributed by atoms with Gasteiger partial charge in [-0.05, 0) is 53.1 Å². The molecule has 0 saturated carbocycles. The van der Waals surface area contributed by atoms with Crippen LogP contribution in [0.1, 0.15) is 56.2 Å². The summed E-state index contributed by atoms with van der Waals surface area (Å²) in [6, 6.07) is 0. The molecule has 0 spiro atoms. The van der Waals surface area contributed by atoms with Gasteiger partial charge < -0.3 is 14.8 Å². The molecule has 3 aromatic rings. The van der Waals surface area contributed by atoms with Crippen molar-refractivity contribution in [2.75, 3.05) is 13.2 Å². The number of hydrogen-bond donors (Lipinski definition) is 1. The second kappa shape index (κ2) is 7.67. The quantitative estimate of drug-likeness (QED) is 0.610.